The second kappa shape index (κ2) is 10.4. The van der Waals surface area contributed by atoms with Crippen molar-refractivity contribution in [2.75, 3.05) is 33.9 Å². The molecule has 0 amide bonds. The van der Waals surface area contributed by atoms with Gasteiger partial charge < -0.3 is 24.8 Å². The number of pyridine rings is 1. The van der Waals surface area contributed by atoms with Gasteiger partial charge in [-0.3, -0.25) is 4.99 Å². The molecule has 0 bridgehead atoms. The molecule has 0 atom stereocenters. The van der Waals surface area contributed by atoms with Gasteiger partial charge in [0.05, 0.1) is 20.3 Å². The van der Waals surface area contributed by atoms with Crippen molar-refractivity contribution in [2.45, 2.75) is 19.4 Å². The van der Waals surface area contributed by atoms with E-state index in [1.807, 2.05) is 36.4 Å². The Morgan fingerprint density at radius 2 is 1.89 bits per heavy atom. The average Bonchev–Trinajstić information content (AvgIpc) is 3.57. The molecule has 0 unspecified atom stereocenters. The molecule has 1 aromatic heterocycles. The van der Waals surface area contributed by atoms with Crippen molar-refractivity contribution in [3.8, 4) is 17.4 Å². The van der Waals surface area contributed by atoms with Crippen LogP contribution in [0.3, 0.4) is 0 Å². The second-order valence-electron chi connectivity index (χ2n) is 6.63. The van der Waals surface area contributed by atoms with E-state index in [4.69, 9.17) is 14.2 Å². The Kier molecular flexibility index (Phi) is 7.35. The summed E-state index contributed by atoms with van der Waals surface area (Å²) in [5.74, 6) is 3.73. The first-order valence-corrected chi connectivity index (χ1v) is 9.56. The quantitative estimate of drug-likeness (QED) is 0.373. The zero-order valence-corrected chi connectivity index (χ0v) is 16.5. The molecule has 0 saturated heterocycles. The summed E-state index contributed by atoms with van der Waals surface area (Å²) in [4.78, 5) is 8.50. The van der Waals surface area contributed by atoms with Gasteiger partial charge in [-0.1, -0.05) is 0 Å². The normalized spacial score (nSPS) is 13.7. The van der Waals surface area contributed by atoms with E-state index >= 15 is 0 Å². The van der Waals surface area contributed by atoms with Crippen LogP contribution >= 0.6 is 0 Å². The summed E-state index contributed by atoms with van der Waals surface area (Å²) in [6.07, 6.45) is 4.31. The predicted octanol–water partition coefficient (Wildman–Crippen LogP) is 2.62. The van der Waals surface area contributed by atoms with Gasteiger partial charge in [0.1, 0.15) is 18.1 Å². The molecule has 150 valence electrons. The van der Waals surface area contributed by atoms with E-state index < -0.39 is 0 Å². The molecule has 1 aliphatic rings. The van der Waals surface area contributed by atoms with Crippen molar-refractivity contribution in [3.63, 3.8) is 0 Å². The van der Waals surface area contributed by atoms with Crippen molar-refractivity contribution in [2.24, 2.45) is 10.9 Å². The van der Waals surface area contributed by atoms with Gasteiger partial charge >= 0.3 is 0 Å². The lowest BCUT2D eigenvalue weighted by Gasteiger charge is -2.13. The zero-order chi connectivity index (χ0) is 19.6. The topological polar surface area (TPSA) is 77.0 Å². The molecule has 28 heavy (non-hydrogen) atoms. The molecule has 2 N–H and O–H groups in total. The smallest absolute Gasteiger partial charge is 0.213 e. The number of methoxy groups -OCH3 is 1. The van der Waals surface area contributed by atoms with Crippen molar-refractivity contribution >= 4 is 5.96 Å². The van der Waals surface area contributed by atoms with E-state index in [0.717, 1.165) is 29.6 Å². The first-order valence-electron chi connectivity index (χ1n) is 9.56. The number of rotatable bonds is 10. The van der Waals surface area contributed by atoms with Gasteiger partial charge in [-0.25, -0.2) is 4.98 Å². The summed E-state index contributed by atoms with van der Waals surface area (Å²) in [5, 5.41) is 6.53. The van der Waals surface area contributed by atoms with Crippen LogP contribution in [0.2, 0.25) is 0 Å². The molecule has 1 fully saturated rings. The highest BCUT2D eigenvalue weighted by Gasteiger charge is 2.22. The van der Waals surface area contributed by atoms with E-state index in [1.165, 1.54) is 12.8 Å². The van der Waals surface area contributed by atoms with Gasteiger partial charge in [0.25, 0.3) is 0 Å². The number of aliphatic imine (C=N–C) groups is 1. The third kappa shape index (κ3) is 6.64. The first kappa shape index (κ1) is 19.8. The van der Waals surface area contributed by atoms with Crippen LogP contribution in [0.25, 0.3) is 0 Å². The van der Waals surface area contributed by atoms with Crippen LogP contribution < -0.4 is 24.8 Å². The van der Waals surface area contributed by atoms with Gasteiger partial charge in [-0.15, -0.1) is 0 Å². The fourth-order valence-corrected chi connectivity index (χ4v) is 2.54. The van der Waals surface area contributed by atoms with E-state index in [1.54, 1.807) is 20.4 Å². The summed E-state index contributed by atoms with van der Waals surface area (Å²) in [7, 11) is 3.39. The minimum atomic E-state index is 0.529. The van der Waals surface area contributed by atoms with Crippen LogP contribution in [0.1, 0.15) is 18.4 Å². The van der Waals surface area contributed by atoms with Crippen LogP contribution in [-0.4, -0.2) is 44.9 Å². The Balaban J connectivity index is 1.36. The van der Waals surface area contributed by atoms with Crippen LogP contribution in [0.15, 0.2) is 47.6 Å². The maximum Gasteiger partial charge on any atom is 0.213 e. The van der Waals surface area contributed by atoms with E-state index in [0.29, 0.717) is 31.5 Å². The lowest BCUT2D eigenvalue weighted by Crippen LogP contribution is -2.38. The largest absolute Gasteiger partial charge is 0.497 e. The zero-order valence-electron chi connectivity index (χ0n) is 16.5. The molecular formula is C21H28N4O3. The lowest BCUT2D eigenvalue weighted by atomic mass is 10.2. The maximum atomic E-state index is 5.73. The van der Waals surface area contributed by atoms with Gasteiger partial charge in [-0.2, -0.15) is 0 Å². The molecule has 1 aliphatic carbocycles. The van der Waals surface area contributed by atoms with Crippen LogP contribution in [0.5, 0.6) is 17.4 Å². The minimum absolute atomic E-state index is 0.529. The summed E-state index contributed by atoms with van der Waals surface area (Å²) in [5.41, 5.74) is 1.10. The monoisotopic (exact) mass is 384 g/mol. The number of nitrogens with zero attached hydrogens (tertiary/aromatic N) is 2. The number of hydrogen-bond acceptors (Lipinski definition) is 5. The Hall–Kier alpha value is -2.96. The Morgan fingerprint density at radius 3 is 2.61 bits per heavy atom. The van der Waals surface area contributed by atoms with Gasteiger partial charge in [-0.05, 0) is 54.7 Å². The molecule has 3 rings (SSSR count). The SMILES string of the molecule is CN=C(NCCOc1ccc(OC)cc1)NCc1ccnc(OCC2CC2)c1. The minimum Gasteiger partial charge on any atom is -0.497 e. The first-order chi connectivity index (χ1) is 13.8. The van der Waals surface area contributed by atoms with Crippen molar-refractivity contribution in [1.29, 1.82) is 0 Å². The number of nitrogens with one attached hydrogen (secondary N) is 2. The Labute approximate surface area is 166 Å². The molecule has 0 aliphatic heterocycles. The molecule has 0 spiro atoms. The number of ether oxygens (including phenoxy) is 3. The molecule has 1 heterocycles. The molecule has 1 saturated carbocycles. The number of hydrogen-bond donors (Lipinski definition) is 2. The third-order valence-electron chi connectivity index (χ3n) is 4.37. The van der Waals surface area contributed by atoms with Crippen LogP contribution in [-0.2, 0) is 6.54 Å². The highest BCUT2D eigenvalue weighted by molar-refractivity contribution is 5.79. The summed E-state index contributed by atoms with van der Waals surface area (Å²) >= 11 is 0. The molecule has 0 radical (unpaired) electrons. The number of guanidine groups is 1. The summed E-state index contributed by atoms with van der Waals surface area (Å²) in [6, 6.07) is 11.5. The van der Waals surface area contributed by atoms with E-state index in [-0.39, 0.29) is 0 Å². The summed E-state index contributed by atoms with van der Waals surface area (Å²) < 4.78 is 16.6. The van der Waals surface area contributed by atoms with Crippen LogP contribution in [0, 0.1) is 5.92 Å². The van der Waals surface area contributed by atoms with Crippen LogP contribution in [0.4, 0.5) is 0 Å². The predicted molar refractivity (Wildman–Crippen MR) is 109 cm³/mol. The van der Waals surface area contributed by atoms with E-state index in [9.17, 15) is 0 Å². The highest BCUT2D eigenvalue weighted by atomic mass is 16.5. The molecular weight excluding hydrogens is 356 g/mol. The average molecular weight is 384 g/mol. The fraction of sp³-hybridized carbons (Fsp3) is 0.429. The van der Waals surface area contributed by atoms with Gasteiger partial charge in [0.2, 0.25) is 5.88 Å². The Bertz CT molecular complexity index is 761. The molecule has 1 aromatic carbocycles. The van der Waals surface area contributed by atoms with Crippen molar-refractivity contribution < 1.29 is 14.2 Å². The standard InChI is InChI=1S/C21H28N4O3/c1-22-21(24-11-12-27-19-7-5-18(26-2)6-8-19)25-14-17-9-10-23-20(13-17)28-15-16-3-4-16/h5-10,13,16H,3-4,11-12,14-15H2,1-2H3,(H2,22,24,25). The number of benzene rings is 1. The third-order valence-corrected chi connectivity index (χ3v) is 4.37. The summed E-state index contributed by atoms with van der Waals surface area (Å²) in [6.45, 7) is 2.57. The molecule has 2 aromatic rings. The van der Waals surface area contributed by atoms with Crippen molar-refractivity contribution in [3.05, 3.63) is 48.2 Å². The molecule has 7 heteroatoms. The maximum absolute atomic E-state index is 5.73. The second-order valence-corrected chi connectivity index (χ2v) is 6.63. The van der Waals surface area contributed by atoms with Gasteiger partial charge in [0.15, 0.2) is 5.96 Å². The molecule has 7 nitrogen and oxygen atoms in total. The lowest BCUT2D eigenvalue weighted by molar-refractivity contribution is 0.288. The van der Waals surface area contributed by atoms with Crippen molar-refractivity contribution in [1.82, 2.24) is 15.6 Å². The number of aromatic nitrogens is 1. The highest BCUT2D eigenvalue weighted by Crippen LogP contribution is 2.29. The fourth-order valence-electron chi connectivity index (χ4n) is 2.54. The van der Waals surface area contributed by atoms with Gasteiger partial charge in [0, 0.05) is 25.9 Å². The van der Waals surface area contributed by atoms with E-state index in [2.05, 4.69) is 20.6 Å². The Morgan fingerprint density at radius 1 is 1.11 bits per heavy atom.